The summed E-state index contributed by atoms with van der Waals surface area (Å²) < 4.78 is 5.22. The molecule has 0 bridgehead atoms. The number of hydrogen-bond acceptors (Lipinski definition) is 4. The van der Waals surface area contributed by atoms with Gasteiger partial charge in [-0.15, -0.1) is 0 Å². The van der Waals surface area contributed by atoms with Gasteiger partial charge in [0.1, 0.15) is 5.75 Å². The van der Waals surface area contributed by atoms with Crippen molar-refractivity contribution in [3.63, 3.8) is 0 Å². The van der Waals surface area contributed by atoms with Crippen LogP contribution >= 0.6 is 0 Å². The molecule has 168 valence electrons. The number of methoxy groups -OCH3 is 1. The van der Waals surface area contributed by atoms with E-state index in [9.17, 15) is 14.4 Å². The number of nitrogens with one attached hydrogen (secondary N) is 2. The van der Waals surface area contributed by atoms with Crippen LogP contribution in [0.3, 0.4) is 0 Å². The van der Waals surface area contributed by atoms with Crippen molar-refractivity contribution in [2.24, 2.45) is 0 Å². The van der Waals surface area contributed by atoms with Crippen molar-refractivity contribution in [3.05, 3.63) is 65.2 Å². The number of carbonyl (C=O) groups is 3. The van der Waals surface area contributed by atoms with Gasteiger partial charge in [0.25, 0.3) is 11.8 Å². The Hall–Kier alpha value is -3.35. The summed E-state index contributed by atoms with van der Waals surface area (Å²) >= 11 is 0. The van der Waals surface area contributed by atoms with Gasteiger partial charge in [-0.1, -0.05) is 24.3 Å². The highest BCUT2D eigenvalue weighted by molar-refractivity contribution is 5.97. The van der Waals surface area contributed by atoms with Gasteiger partial charge >= 0.3 is 0 Å². The first kappa shape index (κ1) is 21.9. The van der Waals surface area contributed by atoms with Gasteiger partial charge in [0, 0.05) is 37.2 Å². The highest BCUT2D eigenvalue weighted by atomic mass is 16.5. The van der Waals surface area contributed by atoms with E-state index in [0.29, 0.717) is 29.5 Å². The van der Waals surface area contributed by atoms with Crippen LogP contribution in [-0.2, 0) is 11.3 Å². The molecule has 0 aliphatic heterocycles. The van der Waals surface area contributed by atoms with E-state index in [1.54, 1.807) is 24.3 Å². The number of carbonyl (C=O) groups excluding carboxylic acids is 3. The predicted molar refractivity (Wildman–Crippen MR) is 120 cm³/mol. The Morgan fingerprint density at radius 2 is 1.69 bits per heavy atom. The molecule has 2 fully saturated rings. The highest BCUT2D eigenvalue weighted by Crippen LogP contribution is 2.29. The van der Waals surface area contributed by atoms with Crippen LogP contribution in [0.1, 0.15) is 58.4 Å². The van der Waals surface area contributed by atoms with Gasteiger partial charge in [-0.3, -0.25) is 14.4 Å². The van der Waals surface area contributed by atoms with E-state index < -0.39 is 0 Å². The van der Waals surface area contributed by atoms with Crippen molar-refractivity contribution in [3.8, 4) is 5.75 Å². The van der Waals surface area contributed by atoms with Crippen molar-refractivity contribution in [1.82, 2.24) is 15.5 Å². The standard InChI is InChI=1S/C25H29N3O4/c1-32-22-5-3-2-4-21(22)25(31)26-15-14-23(29)28(20-12-13-20)16-17-6-8-18(9-7-17)24(30)27-19-10-11-19/h2-9,19-20H,10-16H2,1H3,(H,26,31)(H,27,30). The molecule has 2 aromatic rings. The first-order valence-corrected chi connectivity index (χ1v) is 11.2. The summed E-state index contributed by atoms with van der Waals surface area (Å²) in [5.41, 5.74) is 2.09. The van der Waals surface area contributed by atoms with Gasteiger partial charge in [-0.2, -0.15) is 0 Å². The quantitative estimate of drug-likeness (QED) is 0.601. The molecule has 2 saturated carbocycles. The van der Waals surface area contributed by atoms with E-state index in [4.69, 9.17) is 4.74 Å². The van der Waals surface area contributed by atoms with Gasteiger partial charge in [-0.25, -0.2) is 0 Å². The maximum atomic E-state index is 12.9. The minimum absolute atomic E-state index is 0.0170. The molecule has 3 amide bonds. The number of para-hydroxylation sites is 1. The molecule has 0 heterocycles. The molecule has 0 spiro atoms. The molecule has 0 aromatic heterocycles. The second-order valence-electron chi connectivity index (χ2n) is 8.40. The fourth-order valence-electron chi connectivity index (χ4n) is 3.62. The summed E-state index contributed by atoms with van der Waals surface area (Å²) in [5.74, 6) is 0.224. The van der Waals surface area contributed by atoms with Crippen LogP contribution in [0.4, 0.5) is 0 Å². The Morgan fingerprint density at radius 3 is 2.34 bits per heavy atom. The SMILES string of the molecule is COc1ccccc1C(=O)NCCC(=O)N(Cc1ccc(C(=O)NC2CC2)cc1)C1CC1. The molecule has 2 aliphatic rings. The highest BCUT2D eigenvalue weighted by Gasteiger charge is 2.32. The van der Waals surface area contributed by atoms with Crippen LogP contribution in [0.5, 0.6) is 5.75 Å². The molecule has 0 atom stereocenters. The number of amides is 3. The lowest BCUT2D eigenvalue weighted by molar-refractivity contribution is -0.132. The lowest BCUT2D eigenvalue weighted by atomic mass is 10.1. The number of nitrogens with zero attached hydrogens (tertiary/aromatic N) is 1. The predicted octanol–water partition coefficient (Wildman–Crippen LogP) is 2.90. The Balaban J connectivity index is 1.29. The lowest BCUT2D eigenvalue weighted by Crippen LogP contribution is -2.35. The third kappa shape index (κ3) is 5.66. The van der Waals surface area contributed by atoms with Crippen molar-refractivity contribution in [2.45, 2.75) is 50.7 Å². The molecule has 2 aliphatic carbocycles. The van der Waals surface area contributed by atoms with Gasteiger partial charge in [0.15, 0.2) is 0 Å². The normalized spacial score (nSPS) is 15.0. The molecular weight excluding hydrogens is 406 g/mol. The fourth-order valence-corrected chi connectivity index (χ4v) is 3.62. The Kier molecular flexibility index (Phi) is 6.73. The molecule has 0 unspecified atom stereocenters. The number of benzene rings is 2. The molecule has 7 nitrogen and oxygen atoms in total. The van der Waals surface area contributed by atoms with E-state index >= 15 is 0 Å². The van der Waals surface area contributed by atoms with Gasteiger partial charge in [-0.05, 0) is 55.5 Å². The molecule has 2 aromatic carbocycles. The monoisotopic (exact) mass is 435 g/mol. The Morgan fingerprint density at radius 1 is 0.969 bits per heavy atom. The van der Waals surface area contributed by atoms with E-state index in [1.807, 2.05) is 29.2 Å². The maximum Gasteiger partial charge on any atom is 0.255 e. The summed E-state index contributed by atoms with van der Waals surface area (Å²) in [7, 11) is 1.52. The average Bonchev–Trinajstić information content (AvgIpc) is 3.73. The third-order valence-corrected chi connectivity index (χ3v) is 5.77. The van der Waals surface area contributed by atoms with E-state index in [1.165, 1.54) is 7.11 Å². The smallest absolute Gasteiger partial charge is 0.255 e. The molecule has 7 heteroatoms. The molecular formula is C25H29N3O4. The molecule has 32 heavy (non-hydrogen) atoms. The van der Waals surface area contributed by atoms with E-state index in [0.717, 1.165) is 31.2 Å². The second kappa shape index (κ2) is 9.85. The minimum atomic E-state index is -0.256. The van der Waals surface area contributed by atoms with Crippen molar-refractivity contribution >= 4 is 17.7 Å². The minimum Gasteiger partial charge on any atom is -0.496 e. The maximum absolute atomic E-state index is 12.9. The second-order valence-corrected chi connectivity index (χ2v) is 8.40. The summed E-state index contributed by atoms with van der Waals surface area (Å²) in [6.45, 7) is 0.772. The Bertz CT molecular complexity index is 981. The van der Waals surface area contributed by atoms with Gasteiger partial charge < -0.3 is 20.3 Å². The Labute approximate surface area is 188 Å². The molecule has 2 N–H and O–H groups in total. The van der Waals surface area contributed by atoms with Crippen molar-refractivity contribution < 1.29 is 19.1 Å². The topological polar surface area (TPSA) is 87.7 Å². The number of rotatable bonds is 10. The van der Waals surface area contributed by atoms with Crippen LogP contribution < -0.4 is 15.4 Å². The number of hydrogen-bond donors (Lipinski definition) is 2. The van der Waals surface area contributed by atoms with Crippen LogP contribution in [0.15, 0.2) is 48.5 Å². The zero-order valence-electron chi connectivity index (χ0n) is 18.3. The van der Waals surface area contributed by atoms with Crippen LogP contribution in [0.2, 0.25) is 0 Å². The first-order chi connectivity index (χ1) is 15.5. The lowest BCUT2D eigenvalue weighted by Gasteiger charge is -2.23. The fraction of sp³-hybridized carbons (Fsp3) is 0.400. The van der Waals surface area contributed by atoms with Crippen LogP contribution in [0.25, 0.3) is 0 Å². The van der Waals surface area contributed by atoms with Crippen molar-refractivity contribution in [2.75, 3.05) is 13.7 Å². The first-order valence-electron chi connectivity index (χ1n) is 11.2. The molecule has 4 rings (SSSR count). The zero-order chi connectivity index (χ0) is 22.5. The van der Waals surface area contributed by atoms with E-state index in [2.05, 4.69) is 10.6 Å². The molecule has 0 saturated heterocycles. The van der Waals surface area contributed by atoms with Gasteiger partial charge in [0.05, 0.1) is 12.7 Å². The van der Waals surface area contributed by atoms with Crippen LogP contribution in [0, 0.1) is 0 Å². The van der Waals surface area contributed by atoms with Crippen LogP contribution in [-0.4, -0.2) is 48.4 Å². The summed E-state index contributed by atoms with van der Waals surface area (Å²) in [5, 5.41) is 5.79. The average molecular weight is 436 g/mol. The largest absolute Gasteiger partial charge is 0.496 e. The third-order valence-electron chi connectivity index (χ3n) is 5.77. The van der Waals surface area contributed by atoms with E-state index in [-0.39, 0.29) is 36.7 Å². The summed E-state index contributed by atoms with van der Waals surface area (Å²) in [6, 6.07) is 15.0. The summed E-state index contributed by atoms with van der Waals surface area (Å²) in [4.78, 5) is 39.3. The van der Waals surface area contributed by atoms with Gasteiger partial charge in [0.2, 0.25) is 5.91 Å². The number of ether oxygens (including phenoxy) is 1. The van der Waals surface area contributed by atoms with Crippen molar-refractivity contribution in [1.29, 1.82) is 0 Å². The summed E-state index contributed by atoms with van der Waals surface area (Å²) in [6.07, 6.45) is 4.35. The molecule has 0 radical (unpaired) electrons. The zero-order valence-corrected chi connectivity index (χ0v) is 18.3.